The lowest BCUT2D eigenvalue weighted by Gasteiger charge is -2.39. The minimum absolute atomic E-state index is 0.122. The van der Waals surface area contributed by atoms with Gasteiger partial charge >= 0.3 is 5.97 Å². The van der Waals surface area contributed by atoms with Crippen molar-refractivity contribution in [2.45, 2.75) is 32.4 Å². The Balaban J connectivity index is 2.36. The molecule has 4 heteroatoms. The Kier molecular flexibility index (Phi) is 4.35. The number of carbonyl (C=O) groups excluding carboxylic acids is 1. The van der Waals surface area contributed by atoms with Gasteiger partial charge < -0.3 is 10.1 Å². The van der Waals surface area contributed by atoms with Crippen molar-refractivity contribution in [3.63, 3.8) is 0 Å². The Bertz CT molecular complexity index is 187. The number of nitrogens with one attached hydrogen (secondary N) is 1. The van der Waals surface area contributed by atoms with E-state index < -0.39 is 0 Å². The molecule has 2 atom stereocenters. The van der Waals surface area contributed by atoms with Crippen molar-refractivity contribution in [2.24, 2.45) is 0 Å². The van der Waals surface area contributed by atoms with Crippen LogP contribution in [0.15, 0.2) is 0 Å². The van der Waals surface area contributed by atoms with Crippen LogP contribution in [-0.2, 0) is 9.53 Å². The maximum atomic E-state index is 11.0. The standard InChI is InChI=1S/C10H20N2O2/c1-8-6-11-7-9(2)12(8)5-4-10(13)14-3/h8-9,11H,4-7H2,1-3H3. The molecule has 0 aliphatic carbocycles. The summed E-state index contributed by atoms with van der Waals surface area (Å²) >= 11 is 0. The van der Waals surface area contributed by atoms with Crippen molar-refractivity contribution >= 4 is 5.97 Å². The van der Waals surface area contributed by atoms with E-state index in [1.807, 2.05) is 0 Å². The third-order valence-electron chi connectivity index (χ3n) is 2.81. The number of ether oxygens (including phenoxy) is 1. The normalized spacial score (nSPS) is 28.8. The highest BCUT2D eigenvalue weighted by atomic mass is 16.5. The maximum absolute atomic E-state index is 11.0. The molecule has 1 heterocycles. The van der Waals surface area contributed by atoms with Crippen LogP contribution in [-0.4, -0.2) is 49.7 Å². The van der Waals surface area contributed by atoms with Gasteiger partial charge in [0.2, 0.25) is 0 Å². The molecule has 1 N–H and O–H groups in total. The second-order valence-electron chi connectivity index (χ2n) is 3.92. The van der Waals surface area contributed by atoms with E-state index in [1.54, 1.807) is 0 Å². The van der Waals surface area contributed by atoms with Gasteiger partial charge in [0.1, 0.15) is 0 Å². The molecule has 4 nitrogen and oxygen atoms in total. The third kappa shape index (κ3) is 2.96. The number of esters is 1. The number of methoxy groups -OCH3 is 1. The fourth-order valence-corrected chi connectivity index (χ4v) is 1.93. The summed E-state index contributed by atoms with van der Waals surface area (Å²) < 4.78 is 4.63. The molecule has 0 amide bonds. The lowest BCUT2D eigenvalue weighted by Crippen LogP contribution is -2.55. The maximum Gasteiger partial charge on any atom is 0.306 e. The van der Waals surface area contributed by atoms with Gasteiger partial charge in [0.05, 0.1) is 13.5 Å². The molecular formula is C10H20N2O2. The molecule has 0 bridgehead atoms. The Morgan fingerprint density at radius 1 is 1.43 bits per heavy atom. The lowest BCUT2D eigenvalue weighted by molar-refractivity contribution is -0.141. The Labute approximate surface area is 85.6 Å². The molecule has 0 radical (unpaired) electrons. The molecule has 1 aliphatic rings. The van der Waals surface area contributed by atoms with Crippen molar-refractivity contribution < 1.29 is 9.53 Å². The van der Waals surface area contributed by atoms with E-state index in [4.69, 9.17) is 0 Å². The largest absolute Gasteiger partial charge is 0.469 e. The second-order valence-corrected chi connectivity index (χ2v) is 3.92. The van der Waals surface area contributed by atoms with Crippen LogP contribution in [0.1, 0.15) is 20.3 Å². The topological polar surface area (TPSA) is 41.6 Å². The summed E-state index contributed by atoms with van der Waals surface area (Å²) in [6.45, 7) is 7.17. The first-order valence-electron chi connectivity index (χ1n) is 5.18. The van der Waals surface area contributed by atoms with Crippen LogP contribution in [0.2, 0.25) is 0 Å². The summed E-state index contributed by atoms with van der Waals surface area (Å²) in [6, 6.07) is 1.01. The highest BCUT2D eigenvalue weighted by Crippen LogP contribution is 2.09. The molecule has 0 aromatic heterocycles. The monoisotopic (exact) mass is 200 g/mol. The smallest absolute Gasteiger partial charge is 0.306 e. The van der Waals surface area contributed by atoms with Crippen molar-refractivity contribution in [2.75, 3.05) is 26.7 Å². The molecular weight excluding hydrogens is 180 g/mol. The van der Waals surface area contributed by atoms with Crippen LogP contribution in [0.3, 0.4) is 0 Å². The van der Waals surface area contributed by atoms with Gasteiger partial charge in [-0.3, -0.25) is 9.69 Å². The molecule has 0 aromatic carbocycles. The van der Waals surface area contributed by atoms with Gasteiger partial charge in [0.25, 0.3) is 0 Å². The number of hydrogen-bond donors (Lipinski definition) is 1. The van der Waals surface area contributed by atoms with Crippen LogP contribution in [0, 0.1) is 0 Å². The average Bonchev–Trinajstić information content (AvgIpc) is 2.16. The number of piperazine rings is 1. The first-order valence-corrected chi connectivity index (χ1v) is 5.18. The zero-order valence-electron chi connectivity index (χ0n) is 9.25. The summed E-state index contributed by atoms with van der Waals surface area (Å²) in [6.07, 6.45) is 0.491. The van der Waals surface area contributed by atoms with Gasteiger partial charge in [-0.15, -0.1) is 0 Å². The summed E-state index contributed by atoms with van der Waals surface area (Å²) in [4.78, 5) is 13.4. The van der Waals surface area contributed by atoms with Crippen LogP contribution in [0.5, 0.6) is 0 Å². The minimum Gasteiger partial charge on any atom is -0.469 e. The fraction of sp³-hybridized carbons (Fsp3) is 0.900. The Hall–Kier alpha value is -0.610. The summed E-state index contributed by atoms with van der Waals surface area (Å²) in [5.41, 5.74) is 0. The van der Waals surface area contributed by atoms with Gasteiger partial charge in [-0.2, -0.15) is 0 Å². The molecule has 0 spiro atoms. The van der Waals surface area contributed by atoms with Crippen molar-refractivity contribution in [1.29, 1.82) is 0 Å². The Morgan fingerprint density at radius 3 is 2.50 bits per heavy atom. The number of nitrogens with zero attached hydrogens (tertiary/aromatic N) is 1. The molecule has 1 fully saturated rings. The van der Waals surface area contributed by atoms with Gasteiger partial charge in [-0.25, -0.2) is 0 Å². The highest BCUT2D eigenvalue weighted by Gasteiger charge is 2.24. The summed E-state index contributed by atoms with van der Waals surface area (Å²) in [7, 11) is 1.44. The minimum atomic E-state index is -0.122. The zero-order valence-corrected chi connectivity index (χ0v) is 9.25. The molecule has 0 saturated carbocycles. The molecule has 1 saturated heterocycles. The third-order valence-corrected chi connectivity index (χ3v) is 2.81. The van der Waals surface area contributed by atoms with Crippen LogP contribution in [0.25, 0.3) is 0 Å². The average molecular weight is 200 g/mol. The second kappa shape index (κ2) is 5.32. The van der Waals surface area contributed by atoms with Gasteiger partial charge in [0, 0.05) is 31.7 Å². The van der Waals surface area contributed by atoms with Crippen LogP contribution < -0.4 is 5.32 Å². The van der Waals surface area contributed by atoms with E-state index in [1.165, 1.54) is 7.11 Å². The van der Waals surface area contributed by atoms with Crippen molar-refractivity contribution in [1.82, 2.24) is 10.2 Å². The van der Waals surface area contributed by atoms with Crippen LogP contribution in [0.4, 0.5) is 0 Å². The van der Waals surface area contributed by atoms with E-state index in [2.05, 4.69) is 28.8 Å². The molecule has 2 unspecified atom stereocenters. The first kappa shape index (κ1) is 11.5. The molecule has 1 rings (SSSR count). The number of rotatable bonds is 3. The fourth-order valence-electron chi connectivity index (χ4n) is 1.93. The first-order chi connectivity index (χ1) is 6.65. The van der Waals surface area contributed by atoms with Gasteiger partial charge in [0.15, 0.2) is 0 Å². The quantitative estimate of drug-likeness (QED) is 0.662. The summed E-state index contributed by atoms with van der Waals surface area (Å²) in [5.74, 6) is -0.122. The van der Waals surface area contributed by atoms with E-state index >= 15 is 0 Å². The Morgan fingerprint density at radius 2 is 2.00 bits per heavy atom. The molecule has 0 aromatic rings. The number of hydrogen-bond acceptors (Lipinski definition) is 4. The molecule has 82 valence electrons. The van der Waals surface area contributed by atoms with E-state index in [9.17, 15) is 4.79 Å². The predicted octanol–water partition coefficient (Wildman–Crippen LogP) is 0.232. The SMILES string of the molecule is COC(=O)CCN1C(C)CNCC1C. The van der Waals surface area contributed by atoms with E-state index in [0.717, 1.165) is 19.6 Å². The van der Waals surface area contributed by atoms with Gasteiger partial charge in [-0.1, -0.05) is 0 Å². The van der Waals surface area contributed by atoms with E-state index in [0.29, 0.717) is 18.5 Å². The van der Waals surface area contributed by atoms with Crippen LogP contribution >= 0.6 is 0 Å². The summed E-state index contributed by atoms with van der Waals surface area (Å²) in [5, 5.41) is 3.36. The zero-order chi connectivity index (χ0) is 10.6. The van der Waals surface area contributed by atoms with Crippen molar-refractivity contribution in [3.8, 4) is 0 Å². The van der Waals surface area contributed by atoms with Gasteiger partial charge in [-0.05, 0) is 13.8 Å². The lowest BCUT2D eigenvalue weighted by atomic mass is 10.1. The molecule has 14 heavy (non-hydrogen) atoms. The van der Waals surface area contributed by atoms with Crippen molar-refractivity contribution in [3.05, 3.63) is 0 Å². The number of carbonyl (C=O) groups is 1. The molecule has 1 aliphatic heterocycles. The van der Waals surface area contributed by atoms with E-state index in [-0.39, 0.29) is 5.97 Å². The highest BCUT2D eigenvalue weighted by molar-refractivity contribution is 5.69. The predicted molar refractivity (Wildman–Crippen MR) is 55.1 cm³/mol.